The summed E-state index contributed by atoms with van der Waals surface area (Å²) in [5.41, 5.74) is -4.16. The minimum atomic E-state index is -4.76. The van der Waals surface area contributed by atoms with E-state index in [-0.39, 0.29) is 6.07 Å². The SMILES string of the molecule is O=c1cc(C(F)(F)C(F)=C(F)F)[nH]c(=O)[nH]1. The maximum absolute atomic E-state index is 12.9. The van der Waals surface area contributed by atoms with Crippen molar-refractivity contribution >= 4 is 0 Å². The smallest absolute Gasteiger partial charge is 0.305 e. The lowest BCUT2D eigenvalue weighted by atomic mass is 10.2. The second kappa shape index (κ2) is 3.91. The molecule has 0 bridgehead atoms. The fraction of sp³-hybridized carbons (Fsp3) is 0.143. The van der Waals surface area contributed by atoms with Crippen LogP contribution >= 0.6 is 0 Å². The van der Waals surface area contributed by atoms with Gasteiger partial charge in [-0.1, -0.05) is 0 Å². The van der Waals surface area contributed by atoms with Gasteiger partial charge in [-0.2, -0.15) is 22.0 Å². The summed E-state index contributed by atoms with van der Waals surface area (Å²) in [7, 11) is 0. The number of hydrogen-bond donors (Lipinski definition) is 2. The quantitative estimate of drug-likeness (QED) is 0.766. The minimum absolute atomic E-state index is 0.115. The Morgan fingerprint density at radius 3 is 2.12 bits per heavy atom. The number of aromatic nitrogens is 2. The summed E-state index contributed by atoms with van der Waals surface area (Å²) in [6.45, 7) is 0. The summed E-state index contributed by atoms with van der Waals surface area (Å²) in [6, 6.07) is 0.115. The molecule has 1 aromatic rings. The summed E-state index contributed by atoms with van der Waals surface area (Å²) >= 11 is 0. The normalized spacial score (nSPS) is 11.3. The van der Waals surface area contributed by atoms with Crippen LogP contribution in [0.2, 0.25) is 0 Å². The van der Waals surface area contributed by atoms with Gasteiger partial charge in [0.2, 0.25) is 5.83 Å². The zero-order valence-corrected chi connectivity index (χ0v) is 7.28. The molecular weight excluding hydrogens is 239 g/mol. The van der Waals surface area contributed by atoms with Gasteiger partial charge >= 0.3 is 17.7 Å². The molecule has 88 valence electrons. The van der Waals surface area contributed by atoms with E-state index in [0.29, 0.717) is 0 Å². The summed E-state index contributed by atoms with van der Waals surface area (Å²) in [5, 5.41) is 0. The number of rotatable bonds is 2. The molecule has 0 saturated carbocycles. The summed E-state index contributed by atoms with van der Waals surface area (Å²) < 4.78 is 61.6. The molecule has 0 aromatic carbocycles. The highest BCUT2D eigenvalue weighted by Gasteiger charge is 2.42. The first kappa shape index (κ1) is 12.1. The van der Waals surface area contributed by atoms with E-state index >= 15 is 0 Å². The maximum atomic E-state index is 12.9. The average molecular weight is 242 g/mol. The highest BCUT2D eigenvalue weighted by Crippen LogP contribution is 2.36. The first-order chi connectivity index (χ1) is 7.25. The largest absolute Gasteiger partial charge is 0.343 e. The van der Waals surface area contributed by atoms with Gasteiger partial charge in [0.05, 0.1) is 0 Å². The van der Waals surface area contributed by atoms with E-state index in [1.54, 1.807) is 0 Å². The van der Waals surface area contributed by atoms with Gasteiger partial charge in [-0.3, -0.25) is 9.78 Å². The predicted molar refractivity (Wildman–Crippen MR) is 41.9 cm³/mol. The molecule has 0 radical (unpaired) electrons. The number of H-pyrrole nitrogens is 2. The van der Waals surface area contributed by atoms with Crippen LogP contribution in [-0.4, -0.2) is 9.97 Å². The van der Waals surface area contributed by atoms with E-state index in [1.165, 1.54) is 9.97 Å². The molecule has 2 N–H and O–H groups in total. The van der Waals surface area contributed by atoms with Crippen LogP contribution in [0.25, 0.3) is 0 Å². The first-order valence-corrected chi connectivity index (χ1v) is 3.68. The van der Waals surface area contributed by atoms with Crippen molar-refractivity contribution in [3.63, 3.8) is 0 Å². The number of hydrogen-bond acceptors (Lipinski definition) is 2. The fourth-order valence-corrected chi connectivity index (χ4v) is 0.875. The number of nitrogens with one attached hydrogen (secondary N) is 2. The molecule has 16 heavy (non-hydrogen) atoms. The van der Waals surface area contributed by atoms with E-state index in [1.807, 2.05) is 0 Å². The second-order valence-electron chi connectivity index (χ2n) is 2.65. The van der Waals surface area contributed by atoms with Crippen molar-refractivity contribution in [3.05, 3.63) is 44.5 Å². The number of halogens is 5. The van der Waals surface area contributed by atoms with E-state index in [9.17, 15) is 31.5 Å². The van der Waals surface area contributed by atoms with Crippen molar-refractivity contribution < 1.29 is 22.0 Å². The van der Waals surface area contributed by atoms with Gasteiger partial charge in [-0.25, -0.2) is 4.79 Å². The van der Waals surface area contributed by atoms with E-state index < -0.39 is 34.8 Å². The molecule has 0 amide bonds. The Kier molecular flexibility index (Phi) is 2.97. The molecule has 0 aliphatic heterocycles. The lowest BCUT2D eigenvalue weighted by Gasteiger charge is -2.12. The molecular formula is C7H3F5N2O2. The number of aromatic amines is 2. The van der Waals surface area contributed by atoms with E-state index in [2.05, 4.69) is 0 Å². The van der Waals surface area contributed by atoms with Gasteiger partial charge < -0.3 is 4.98 Å². The van der Waals surface area contributed by atoms with Crippen LogP contribution in [0.5, 0.6) is 0 Å². The van der Waals surface area contributed by atoms with Gasteiger partial charge in [0.25, 0.3) is 5.56 Å². The topological polar surface area (TPSA) is 65.7 Å². The van der Waals surface area contributed by atoms with Crippen molar-refractivity contribution in [2.45, 2.75) is 5.92 Å². The zero-order chi connectivity index (χ0) is 12.5. The molecule has 0 fully saturated rings. The summed E-state index contributed by atoms with van der Waals surface area (Å²) in [5.74, 6) is -7.78. The lowest BCUT2D eigenvalue weighted by Crippen LogP contribution is -2.28. The molecule has 0 aliphatic rings. The molecule has 0 spiro atoms. The van der Waals surface area contributed by atoms with Crippen molar-refractivity contribution in [3.8, 4) is 0 Å². The molecule has 1 rings (SSSR count). The van der Waals surface area contributed by atoms with Gasteiger partial charge in [-0.05, 0) is 0 Å². The highest BCUT2D eigenvalue weighted by molar-refractivity contribution is 5.18. The third kappa shape index (κ3) is 2.18. The van der Waals surface area contributed by atoms with Crippen LogP contribution in [-0.2, 0) is 5.92 Å². The van der Waals surface area contributed by atoms with Gasteiger partial charge in [0.1, 0.15) is 5.69 Å². The second-order valence-corrected chi connectivity index (χ2v) is 2.65. The Balaban J connectivity index is 3.44. The number of allylic oxidation sites excluding steroid dienone is 1. The molecule has 1 heterocycles. The molecule has 9 heteroatoms. The van der Waals surface area contributed by atoms with Crippen LogP contribution < -0.4 is 11.2 Å². The van der Waals surface area contributed by atoms with Crippen molar-refractivity contribution in [1.82, 2.24) is 9.97 Å². The van der Waals surface area contributed by atoms with Gasteiger partial charge in [0, 0.05) is 6.07 Å². The third-order valence-corrected chi connectivity index (χ3v) is 1.54. The first-order valence-electron chi connectivity index (χ1n) is 3.68. The maximum Gasteiger partial charge on any atom is 0.343 e. The molecule has 0 saturated heterocycles. The van der Waals surface area contributed by atoms with Crippen LogP contribution in [0.3, 0.4) is 0 Å². The van der Waals surface area contributed by atoms with Crippen LogP contribution in [0, 0.1) is 0 Å². The predicted octanol–water partition coefficient (Wildman–Crippen LogP) is 1.23. The van der Waals surface area contributed by atoms with Gasteiger partial charge in [-0.15, -0.1) is 0 Å². The third-order valence-electron chi connectivity index (χ3n) is 1.54. The van der Waals surface area contributed by atoms with Gasteiger partial charge in [0.15, 0.2) is 0 Å². The number of alkyl halides is 2. The zero-order valence-electron chi connectivity index (χ0n) is 7.28. The van der Waals surface area contributed by atoms with Crippen molar-refractivity contribution in [2.24, 2.45) is 0 Å². The lowest BCUT2D eigenvalue weighted by molar-refractivity contribution is 0.00124. The molecule has 0 atom stereocenters. The van der Waals surface area contributed by atoms with Crippen molar-refractivity contribution in [2.75, 3.05) is 0 Å². The van der Waals surface area contributed by atoms with E-state index in [4.69, 9.17) is 0 Å². The highest BCUT2D eigenvalue weighted by atomic mass is 19.3. The Morgan fingerprint density at radius 2 is 1.69 bits per heavy atom. The minimum Gasteiger partial charge on any atom is -0.305 e. The Labute approximate surface area is 83.4 Å². The van der Waals surface area contributed by atoms with Crippen LogP contribution in [0.4, 0.5) is 22.0 Å². The summed E-state index contributed by atoms with van der Waals surface area (Å²) in [6.07, 6.45) is -3.23. The average Bonchev–Trinajstić information content (AvgIpc) is 2.14. The summed E-state index contributed by atoms with van der Waals surface area (Å²) in [4.78, 5) is 24.1. The molecule has 0 unspecified atom stereocenters. The fourth-order valence-electron chi connectivity index (χ4n) is 0.875. The van der Waals surface area contributed by atoms with Crippen LogP contribution in [0.15, 0.2) is 27.6 Å². The molecule has 0 aliphatic carbocycles. The Bertz CT molecular complexity index is 512. The Morgan fingerprint density at radius 1 is 1.12 bits per heavy atom. The standard InChI is InChI=1S/C7H3F5N2O2/c8-4(5(9)10)7(11,12)2-1-3(15)14-6(16)13-2/h1H,(H2,13,14,15,16). The van der Waals surface area contributed by atoms with E-state index in [0.717, 1.165) is 0 Å². The monoisotopic (exact) mass is 242 g/mol. The molecule has 4 nitrogen and oxygen atoms in total. The molecule has 1 aromatic heterocycles. The Hall–Kier alpha value is -1.93. The van der Waals surface area contributed by atoms with Crippen LogP contribution in [0.1, 0.15) is 5.69 Å². The van der Waals surface area contributed by atoms with Crippen molar-refractivity contribution in [1.29, 1.82) is 0 Å².